The van der Waals surface area contributed by atoms with Gasteiger partial charge in [0.1, 0.15) is 11.8 Å². The van der Waals surface area contributed by atoms with Crippen molar-refractivity contribution in [3.8, 4) is 0 Å². The van der Waals surface area contributed by atoms with E-state index in [0.29, 0.717) is 17.0 Å². The van der Waals surface area contributed by atoms with Crippen molar-refractivity contribution >= 4 is 34.4 Å². The predicted octanol–water partition coefficient (Wildman–Crippen LogP) is 2.81. The molecule has 1 saturated heterocycles. The minimum absolute atomic E-state index is 0.403. The van der Waals surface area contributed by atoms with Crippen LogP contribution < -0.4 is 9.80 Å². The first kappa shape index (κ1) is 16.1. The normalized spacial score (nSPS) is 15.7. The van der Waals surface area contributed by atoms with Gasteiger partial charge in [-0.1, -0.05) is 11.6 Å². The van der Waals surface area contributed by atoms with E-state index in [2.05, 4.69) is 40.8 Å². The summed E-state index contributed by atoms with van der Waals surface area (Å²) in [5.74, 6) is 1.70. The number of fused-ring (bicyclic) bond motifs is 1. The Balaban J connectivity index is 1.48. The standard InChI is InChI=1S/C17H20ClN7/c1-11-7-14-15(23-11)16(22-10-21-14)25-5-3-13(4-6-25)24(2)17-19-8-12(18)9-20-17/h7-10,13,23H,3-6H2,1-2H3. The summed E-state index contributed by atoms with van der Waals surface area (Å²) < 4.78 is 0. The van der Waals surface area contributed by atoms with E-state index >= 15 is 0 Å². The van der Waals surface area contributed by atoms with Gasteiger partial charge in [-0.15, -0.1) is 0 Å². The number of hydrogen-bond acceptors (Lipinski definition) is 6. The molecular weight excluding hydrogens is 338 g/mol. The molecule has 0 aliphatic carbocycles. The predicted molar refractivity (Wildman–Crippen MR) is 99.3 cm³/mol. The topological polar surface area (TPSA) is 73.8 Å². The third-order valence-corrected chi connectivity index (χ3v) is 4.96. The molecule has 130 valence electrons. The van der Waals surface area contributed by atoms with Crippen LogP contribution in [0.5, 0.6) is 0 Å². The molecule has 0 atom stereocenters. The summed E-state index contributed by atoms with van der Waals surface area (Å²) in [4.78, 5) is 25.3. The van der Waals surface area contributed by atoms with Gasteiger partial charge >= 0.3 is 0 Å². The third kappa shape index (κ3) is 3.11. The first-order valence-electron chi connectivity index (χ1n) is 8.37. The number of aryl methyl sites for hydroxylation is 1. The van der Waals surface area contributed by atoms with E-state index in [4.69, 9.17) is 11.6 Å². The number of H-pyrrole nitrogens is 1. The molecule has 1 fully saturated rings. The highest BCUT2D eigenvalue weighted by molar-refractivity contribution is 6.30. The van der Waals surface area contributed by atoms with E-state index in [9.17, 15) is 0 Å². The number of piperidine rings is 1. The Morgan fingerprint density at radius 3 is 2.60 bits per heavy atom. The second-order valence-corrected chi connectivity index (χ2v) is 6.88. The zero-order valence-corrected chi connectivity index (χ0v) is 15.0. The lowest BCUT2D eigenvalue weighted by Crippen LogP contribution is -2.44. The molecule has 4 rings (SSSR count). The van der Waals surface area contributed by atoms with Crippen molar-refractivity contribution in [1.29, 1.82) is 0 Å². The molecule has 1 N–H and O–H groups in total. The molecule has 3 aromatic heterocycles. The van der Waals surface area contributed by atoms with E-state index in [1.54, 1.807) is 18.7 Å². The SMILES string of the molecule is Cc1cc2ncnc(N3CCC(N(C)c4ncc(Cl)cn4)CC3)c2[nH]1. The Hall–Kier alpha value is -2.41. The first-order valence-corrected chi connectivity index (χ1v) is 8.75. The van der Waals surface area contributed by atoms with Gasteiger partial charge in [0.2, 0.25) is 5.95 Å². The number of rotatable bonds is 3. The number of anilines is 2. The second kappa shape index (κ2) is 6.48. The van der Waals surface area contributed by atoms with Gasteiger partial charge in [0, 0.05) is 31.9 Å². The fourth-order valence-electron chi connectivity index (χ4n) is 3.41. The Labute approximate surface area is 151 Å². The van der Waals surface area contributed by atoms with E-state index in [1.165, 1.54) is 0 Å². The molecule has 1 aliphatic rings. The molecule has 7 nitrogen and oxygen atoms in total. The minimum atomic E-state index is 0.403. The average Bonchev–Trinajstić information content (AvgIpc) is 3.02. The van der Waals surface area contributed by atoms with Gasteiger partial charge in [0.25, 0.3) is 0 Å². The second-order valence-electron chi connectivity index (χ2n) is 6.44. The monoisotopic (exact) mass is 357 g/mol. The average molecular weight is 358 g/mol. The zero-order chi connectivity index (χ0) is 17.4. The molecule has 0 radical (unpaired) electrons. The molecule has 0 amide bonds. The summed E-state index contributed by atoms with van der Waals surface area (Å²) >= 11 is 5.87. The Morgan fingerprint density at radius 1 is 1.16 bits per heavy atom. The van der Waals surface area contributed by atoms with Gasteiger partial charge in [-0.3, -0.25) is 0 Å². The summed E-state index contributed by atoms with van der Waals surface area (Å²) in [5.41, 5.74) is 3.09. The number of halogens is 1. The lowest BCUT2D eigenvalue weighted by atomic mass is 10.0. The molecule has 0 aromatic carbocycles. The van der Waals surface area contributed by atoms with Crippen molar-refractivity contribution in [2.24, 2.45) is 0 Å². The van der Waals surface area contributed by atoms with Crippen LogP contribution in [0.15, 0.2) is 24.8 Å². The van der Waals surface area contributed by atoms with Crippen LogP contribution in [0.3, 0.4) is 0 Å². The van der Waals surface area contributed by atoms with Crippen molar-refractivity contribution in [1.82, 2.24) is 24.9 Å². The summed E-state index contributed by atoms with van der Waals surface area (Å²) in [5, 5.41) is 0.556. The fraction of sp³-hybridized carbons (Fsp3) is 0.412. The number of aromatic amines is 1. The maximum Gasteiger partial charge on any atom is 0.225 e. The molecule has 25 heavy (non-hydrogen) atoms. The molecule has 8 heteroatoms. The van der Waals surface area contributed by atoms with Crippen molar-refractivity contribution in [2.75, 3.05) is 29.9 Å². The lowest BCUT2D eigenvalue weighted by Gasteiger charge is -2.37. The third-order valence-electron chi connectivity index (χ3n) is 4.77. The van der Waals surface area contributed by atoms with Gasteiger partial charge < -0.3 is 14.8 Å². The van der Waals surface area contributed by atoms with Crippen LogP contribution in [0.4, 0.5) is 11.8 Å². The summed E-state index contributed by atoms with van der Waals surface area (Å²) in [7, 11) is 2.04. The Morgan fingerprint density at radius 2 is 1.88 bits per heavy atom. The van der Waals surface area contributed by atoms with E-state index in [1.807, 2.05) is 14.0 Å². The van der Waals surface area contributed by atoms with E-state index < -0.39 is 0 Å². The van der Waals surface area contributed by atoms with Crippen LogP contribution in [0.25, 0.3) is 11.0 Å². The largest absolute Gasteiger partial charge is 0.355 e. The highest BCUT2D eigenvalue weighted by atomic mass is 35.5. The van der Waals surface area contributed by atoms with Gasteiger partial charge in [-0.25, -0.2) is 19.9 Å². The number of nitrogens with one attached hydrogen (secondary N) is 1. The van der Waals surface area contributed by atoms with Gasteiger partial charge in [0.05, 0.1) is 22.9 Å². The lowest BCUT2D eigenvalue weighted by molar-refractivity contribution is 0.476. The molecule has 0 unspecified atom stereocenters. The Bertz CT molecular complexity index is 868. The maximum absolute atomic E-state index is 5.87. The molecule has 4 heterocycles. The van der Waals surface area contributed by atoms with Crippen molar-refractivity contribution in [3.63, 3.8) is 0 Å². The maximum atomic E-state index is 5.87. The van der Waals surface area contributed by atoms with E-state index in [-0.39, 0.29) is 0 Å². The van der Waals surface area contributed by atoms with Crippen LogP contribution in [-0.4, -0.2) is 51.1 Å². The first-order chi connectivity index (χ1) is 12.1. The summed E-state index contributed by atoms with van der Waals surface area (Å²) in [6.45, 7) is 3.92. The number of nitrogens with zero attached hydrogens (tertiary/aromatic N) is 6. The molecule has 0 saturated carbocycles. The summed E-state index contributed by atoms with van der Waals surface area (Å²) in [6.07, 6.45) is 6.97. The van der Waals surface area contributed by atoms with Gasteiger partial charge in [0.15, 0.2) is 5.82 Å². The van der Waals surface area contributed by atoms with Gasteiger partial charge in [-0.05, 0) is 25.8 Å². The van der Waals surface area contributed by atoms with Crippen LogP contribution in [0.2, 0.25) is 5.02 Å². The Kier molecular flexibility index (Phi) is 4.17. The molecule has 3 aromatic rings. The minimum Gasteiger partial charge on any atom is -0.355 e. The van der Waals surface area contributed by atoms with Crippen LogP contribution in [-0.2, 0) is 0 Å². The molecule has 1 aliphatic heterocycles. The molecule has 0 spiro atoms. The highest BCUT2D eigenvalue weighted by Gasteiger charge is 2.26. The van der Waals surface area contributed by atoms with Crippen LogP contribution in [0.1, 0.15) is 18.5 Å². The number of aromatic nitrogens is 5. The van der Waals surface area contributed by atoms with E-state index in [0.717, 1.165) is 48.5 Å². The van der Waals surface area contributed by atoms with Crippen molar-refractivity contribution in [2.45, 2.75) is 25.8 Å². The zero-order valence-electron chi connectivity index (χ0n) is 14.3. The fourth-order valence-corrected chi connectivity index (χ4v) is 3.51. The van der Waals surface area contributed by atoms with Crippen LogP contribution in [0, 0.1) is 6.92 Å². The van der Waals surface area contributed by atoms with Gasteiger partial charge in [-0.2, -0.15) is 0 Å². The quantitative estimate of drug-likeness (QED) is 0.777. The number of hydrogen-bond donors (Lipinski definition) is 1. The summed E-state index contributed by atoms with van der Waals surface area (Å²) in [6, 6.07) is 2.46. The van der Waals surface area contributed by atoms with Crippen LogP contribution >= 0.6 is 11.6 Å². The smallest absolute Gasteiger partial charge is 0.225 e. The highest BCUT2D eigenvalue weighted by Crippen LogP contribution is 2.27. The van der Waals surface area contributed by atoms with Crippen molar-refractivity contribution < 1.29 is 0 Å². The molecule has 0 bridgehead atoms. The van der Waals surface area contributed by atoms with Crippen molar-refractivity contribution in [3.05, 3.63) is 35.5 Å². The molecular formula is C17H20ClN7.